The fourth-order valence-electron chi connectivity index (χ4n) is 2.47. The lowest BCUT2D eigenvalue weighted by molar-refractivity contribution is -0.134. The maximum atomic E-state index is 12.1. The first-order chi connectivity index (χ1) is 10.8. The van der Waals surface area contributed by atoms with E-state index in [0.717, 1.165) is 12.1 Å². The lowest BCUT2D eigenvalue weighted by atomic mass is 10.1. The summed E-state index contributed by atoms with van der Waals surface area (Å²) in [5.41, 5.74) is 0.837. The summed E-state index contributed by atoms with van der Waals surface area (Å²) in [5.74, 6) is 1.86. The molecule has 1 atom stereocenters. The Labute approximate surface area is 128 Å². The van der Waals surface area contributed by atoms with E-state index in [4.69, 9.17) is 18.9 Å². The van der Waals surface area contributed by atoms with Crippen molar-refractivity contribution >= 4 is 5.91 Å². The van der Waals surface area contributed by atoms with Crippen molar-refractivity contribution in [3.05, 3.63) is 17.7 Å². The minimum atomic E-state index is -0.447. The molecule has 22 heavy (non-hydrogen) atoms. The van der Waals surface area contributed by atoms with Gasteiger partial charge >= 0.3 is 0 Å². The second kappa shape index (κ2) is 6.85. The topological polar surface area (TPSA) is 78.1 Å². The Morgan fingerprint density at radius 2 is 2.09 bits per heavy atom. The quantitative estimate of drug-likeness (QED) is 0.820. The minimum Gasteiger partial charge on any atom is -0.496 e. The lowest BCUT2D eigenvalue weighted by Crippen LogP contribution is -2.47. The zero-order chi connectivity index (χ0) is 15.4. The van der Waals surface area contributed by atoms with Crippen LogP contribution in [0.3, 0.4) is 0 Å². The third-order valence-electron chi connectivity index (χ3n) is 3.62. The first kappa shape index (κ1) is 14.9. The second-order valence-electron chi connectivity index (χ2n) is 5.09. The average molecular weight is 308 g/mol. The van der Waals surface area contributed by atoms with Crippen LogP contribution in [0.1, 0.15) is 5.56 Å². The fraction of sp³-hybridized carbons (Fsp3) is 0.533. The van der Waals surface area contributed by atoms with Gasteiger partial charge in [-0.15, -0.1) is 0 Å². The summed E-state index contributed by atoms with van der Waals surface area (Å²) in [6.07, 6.45) is -0.447. The zero-order valence-corrected chi connectivity index (χ0v) is 12.5. The molecule has 1 amide bonds. The van der Waals surface area contributed by atoms with Crippen LogP contribution in [0.25, 0.3) is 0 Å². The molecule has 3 rings (SSSR count). The van der Waals surface area contributed by atoms with Crippen LogP contribution in [0.4, 0.5) is 0 Å². The Kier molecular flexibility index (Phi) is 4.65. The van der Waals surface area contributed by atoms with Gasteiger partial charge in [0, 0.05) is 31.3 Å². The van der Waals surface area contributed by atoms with Gasteiger partial charge in [-0.3, -0.25) is 4.79 Å². The molecule has 1 aromatic rings. The number of amides is 1. The number of hydrogen-bond acceptors (Lipinski definition) is 6. The Morgan fingerprint density at radius 3 is 2.77 bits per heavy atom. The summed E-state index contributed by atoms with van der Waals surface area (Å²) in [6, 6.07) is 3.63. The molecule has 1 fully saturated rings. The molecule has 0 aliphatic carbocycles. The highest BCUT2D eigenvalue weighted by Crippen LogP contribution is 2.36. The van der Waals surface area contributed by atoms with Gasteiger partial charge in [0.2, 0.25) is 0 Å². The molecule has 0 aromatic heterocycles. The predicted octanol–water partition coefficient (Wildman–Crippen LogP) is 0.0710. The maximum absolute atomic E-state index is 12.1. The molecular formula is C15H20N2O5. The average Bonchev–Trinajstić information content (AvgIpc) is 2.59. The van der Waals surface area contributed by atoms with Crippen LogP contribution in [0.5, 0.6) is 17.2 Å². The summed E-state index contributed by atoms with van der Waals surface area (Å²) < 4.78 is 21.9. The van der Waals surface area contributed by atoms with Gasteiger partial charge in [-0.1, -0.05) is 0 Å². The molecule has 0 bridgehead atoms. The van der Waals surface area contributed by atoms with Gasteiger partial charge < -0.3 is 29.6 Å². The van der Waals surface area contributed by atoms with Crippen molar-refractivity contribution in [2.45, 2.75) is 12.6 Å². The Bertz CT molecular complexity index is 543. The number of carbonyl (C=O) groups is 1. The Balaban J connectivity index is 1.67. The molecule has 2 heterocycles. The van der Waals surface area contributed by atoms with Crippen molar-refractivity contribution in [1.82, 2.24) is 10.6 Å². The minimum absolute atomic E-state index is 0.135. The van der Waals surface area contributed by atoms with Crippen LogP contribution in [-0.2, 0) is 16.1 Å². The number of nitrogens with one attached hydrogen (secondary N) is 2. The van der Waals surface area contributed by atoms with Gasteiger partial charge in [0.1, 0.15) is 25.1 Å². The first-order valence-electron chi connectivity index (χ1n) is 7.34. The van der Waals surface area contributed by atoms with Gasteiger partial charge in [0.25, 0.3) is 5.91 Å². The molecule has 7 nitrogen and oxygen atoms in total. The molecule has 0 saturated carbocycles. The third kappa shape index (κ3) is 3.26. The Morgan fingerprint density at radius 1 is 1.32 bits per heavy atom. The van der Waals surface area contributed by atoms with Gasteiger partial charge in [-0.25, -0.2) is 0 Å². The lowest BCUT2D eigenvalue weighted by Gasteiger charge is -2.23. The summed E-state index contributed by atoms with van der Waals surface area (Å²) in [7, 11) is 1.59. The van der Waals surface area contributed by atoms with Crippen LogP contribution in [0.2, 0.25) is 0 Å². The number of morpholine rings is 1. The number of fused-ring (bicyclic) bond motifs is 1. The summed E-state index contributed by atoms with van der Waals surface area (Å²) in [5, 5.41) is 6.00. The van der Waals surface area contributed by atoms with Gasteiger partial charge in [0.15, 0.2) is 11.5 Å². The van der Waals surface area contributed by atoms with Crippen molar-refractivity contribution in [1.29, 1.82) is 0 Å². The van der Waals surface area contributed by atoms with E-state index >= 15 is 0 Å². The van der Waals surface area contributed by atoms with E-state index in [1.807, 2.05) is 6.07 Å². The number of rotatable bonds is 4. The summed E-state index contributed by atoms with van der Waals surface area (Å²) in [4.78, 5) is 12.1. The van der Waals surface area contributed by atoms with Crippen molar-refractivity contribution in [3.63, 3.8) is 0 Å². The molecule has 2 aliphatic heterocycles. The molecular weight excluding hydrogens is 288 g/mol. The molecule has 1 saturated heterocycles. The SMILES string of the molecule is COc1cc2c(cc1CNC(=O)[C@@H]1CNCCO1)OCCO2. The van der Waals surface area contributed by atoms with Crippen LogP contribution in [0.15, 0.2) is 12.1 Å². The fourth-order valence-corrected chi connectivity index (χ4v) is 2.47. The van der Waals surface area contributed by atoms with E-state index in [1.54, 1.807) is 13.2 Å². The molecule has 120 valence electrons. The Hall–Kier alpha value is -1.99. The van der Waals surface area contributed by atoms with Gasteiger partial charge in [-0.2, -0.15) is 0 Å². The number of hydrogen-bond donors (Lipinski definition) is 2. The molecule has 0 spiro atoms. The largest absolute Gasteiger partial charge is 0.496 e. The number of ether oxygens (including phenoxy) is 4. The number of methoxy groups -OCH3 is 1. The van der Waals surface area contributed by atoms with E-state index in [0.29, 0.717) is 50.2 Å². The summed E-state index contributed by atoms with van der Waals surface area (Å²) >= 11 is 0. The van der Waals surface area contributed by atoms with E-state index in [9.17, 15) is 4.79 Å². The van der Waals surface area contributed by atoms with E-state index in [1.165, 1.54) is 0 Å². The normalized spacial score (nSPS) is 20.3. The molecule has 2 aliphatic rings. The van der Waals surface area contributed by atoms with Crippen LogP contribution < -0.4 is 24.8 Å². The van der Waals surface area contributed by atoms with Crippen molar-refractivity contribution in [2.75, 3.05) is 40.0 Å². The van der Waals surface area contributed by atoms with Crippen molar-refractivity contribution in [2.24, 2.45) is 0 Å². The van der Waals surface area contributed by atoms with Crippen LogP contribution in [0, 0.1) is 0 Å². The summed E-state index contributed by atoms with van der Waals surface area (Å²) in [6.45, 7) is 3.25. The van der Waals surface area contributed by atoms with E-state index in [2.05, 4.69) is 10.6 Å². The van der Waals surface area contributed by atoms with E-state index < -0.39 is 6.10 Å². The molecule has 1 aromatic carbocycles. The molecule has 2 N–H and O–H groups in total. The molecule has 7 heteroatoms. The smallest absolute Gasteiger partial charge is 0.250 e. The highest BCUT2D eigenvalue weighted by atomic mass is 16.6. The molecule has 0 radical (unpaired) electrons. The monoisotopic (exact) mass is 308 g/mol. The predicted molar refractivity (Wildman–Crippen MR) is 78.4 cm³/mol. The second-order valence-corrected chi connectivity index (χ2v) is 5.09. The molecule has 0 unspecified atom stereocenters. The van der Waals surface area contributed by atoms with Crippen molar-refractivity contribution in [3.8, 4) is 17.2 Å². The van der Waals surface area contributed by atoms with Crippen molar-refractivity contribution < 1.29 is 23.7 Å². The number of benzene rings is 1. The van der Waals surface area contributed by atoms with Crippen LogP contribution >= 0.6 is 0 Å². The standard InChI is InChI=1S/C15H20N2O5/c1-19-11-7-13-12(21-4-5-22-13)6-10(11)8-17-15(18)14-9-16-2-3-20-14/h6-7,14,16H,2-5,8-9H2,1H3,(H,17,18)/t14-/m0/s1. The highest BCUT2D eigenvalue weighted by Gasteiger charge is 2.22. The maximum Gasteiger partial charge on any atom is 0.250 e. The highest BCUT2D eigenvalue weighted by molar-refractivity contribution is 5.81. The van der Waals surface area contributed by atoms with Crippen LogP contribution in [-0.4, -0.2) is 52.0 Å². The van der Waals surface area contributed by atoms with E-state index in [-0.39, 0.29) is 5.91 Å². The zero-order valence-electron chi connectivity index (χ0n) is 12.5. The first-order valence-corrected chi connectivity index (χ1v) is 7.34. The third-order valence-corrected chi connectivity index (χ3v) is 3.62. The van der Waals surface area contributed by atoms with Gasteiger partial charge in [-0.05, 0) is 6.07 Å². The number of carbonyl (C=O) groups excluding carboxylic acids is 1. The van der Waals surface area contributed by atoms with Gasteiger partial charge in [0.05, 0.1) is 13.7 Å².